The van der Waals surface area contributed by atoms with Crippen LogP contribution in [0, 0.1) is 5.92 Å². The van der Waals surface area contributed by atoms with Crippen molar-refractivity contribution in [1.82, 2.24) is 9.47 Å². The molecule has 1 aromatic rings. The second kappa shape index (κ2) is 5.22. The van der Waals surface area contributed by atoms with Gasteiger partial charge < -0.3 is 20.3 Å². The van der Waals surface area contributed by atoms with Crippen molar-refractivity contribution in [3.63, 3.8) is 0 Å². The highest BCUT2D eigenvalue weighted by Crippen LogP contribution is 2.18. The van der Waals surface area contributed by atoms with Crippen molar-refractivity contribution in [2.24, 2.45) is 11.7 Å². The molecule has 98 valence electrons. The van der Waals surface area contributed by atoms with Crippen LogP contribution in [-0.2, 0) is 11.3 Å². The summed E-state index contributed by atoms with van der Waals surface area (Å²) in [5, 5.41) is 8.77. The van der Waals surface area contributed by atoms with Gasteiger partial charge in [0.1, 0.15) is 12.2 Å². The van der Waals surface area contributed by atoms with Crippen molar-refractivity contribution in [1.29, 1.82) is 0 Å². The number of nitrogens with zero attached hydrogens (tertiary/aromatic N) is 2. The van der Waals surface area contributed by atoms with Crippen LogP contribution in [0.25, 0.3) is 0 Å². The van der Waals surface area contributed by atoms with Crippen LogP contribution in [-0.4, -0.2) is 46.1 Å². The third-order valence-electron chi connectivity index (χ3n) is 3.26. The first-order valence-corrected chi connectivity index (χ1v) is 5.98. The highest BCUT2D eigenvalue weighted by molar-refractivity contribution is 5.93. The summed E-state index contributed by atoms with van der Waals surface area (Å²) in [6.45, 7) is 1.74. The minimum Gasteiger partial charge on any atom is -0.480 e. The Morgan fingerprint density at radius 2 is 2.28 bits per heavy atom. The lowest BCUT2D eigenvalue weighted by atomic mass is 10.1. The molecule has 1 saturated heterocycles. The summed E-state index contributed by atoms with van der Waals surface area (Å²) in [5.74, 6) is -0.712. The van der Waals surface area contributed by atoms with Crippen molar-refractivity contribution in [3.8, 4) is 0 Å². The van der Waals surface area contributed by atoms with Gasteiger partial charge in [-0.25, -0.2) is 0 Å². The third kappa shape index (κ3) is 2.53. The van der Waals surface area contributed by atoms with Gasteiger partial charge in [0.15, 0.2) is 0 Å². The summed E-state index contributed by atoms with van der Waals surface area (Å²) < 4.78 is 1.46. The predicted molar refractivity (Wildman–Crippen MR) is 65.1 cm³/mol. The highest BCUT2D eigenvalue weighted by atomic mass is 16.4. The number of carboxylic acid groups (broad SMARTS) is 1. The molecule has 1 fully saturated rings. The molecule has 18 heavy (non-hydrogen) atoms. The van der Waals surface area contributed by atoms with E-state index in [2.05, 4.69) is 0 Å². The van der Waals surface area contributed by atoms with E-state index in [1.165, 1.54) is 4.57 Å². The van der Waals surface area contributed by atoms with Crippen LogP contribution in [0.5, 0.6) is 0 Å². The van der Waals surface area contributed by atoms with Gasteiger partial charge in [-0.2, -0.15) is 0 Å². The molecule has 1 atom stereocenters. The van der Waals surface area contributed by atoms with E-state index in [1.807, 2.05) is 0 Å². The summed E-state index contributed by atoms with van der Waals surface area (Å²) >= 11 is 0. The fourth-order valence-electron chi connectivity index (χ4n) is 2.26. The lowest BCUT2D eigenvalue weighted by Gasteiger charge is -2.17. The molecule has 1 aromatic heterocycles. The topological polar surface area (TPSA) is 88.6 Å². The normalized spacial score (nSPS) is 19.2. The van der Waals surface area contributed by atoms with Crippen LogP contribution in [0.15, 0.2) is 18.3 Å². The van der Waals surface area contributed by atoms with E-state index in [0.717, 1.165) is 6.42 Å². The molecule has 0 radical (unpaired) electrons. The molecule has 0 bridgehead atoms. The van der Waals surface area contributed by atoms with Gasteiger partial charge >= 0.3 is 5.97 Å². The average Bonchev–Trinajstić information content (AvgIpc) is 2.95. The number of carbonyl (C=O) groups is 2. The first kappa shape index (κ1) is 12.6. The van der Waals surface area contributed by atoms with Crippen LogP contribution >= 0.6 is 0 Å². The van der Waals surface area contributed by atoms with Crippen molar-refractivity contribution in [2.75, 3.05) is 19.6 Å². The van der Waals surface area contributed by atoms with Crippen LogP contribution in [0.4, 0.5) is 0 Å². The number of amides is 1. The van der Waals surface area contributed by atoms with E-state index in [9.17, 15) is 9.59 Å². The number of hydrogen-bond donors (Lipinski definition) is 2. The summed E-state index contributed by atoms with van der Waals surface area (Å²) in [6, 6.07) is 3.34. The molecular weight excluding hydrogens is 234 g/mol. The van der Waals surface area contributed by atoms with E-state index >= 15 is 0 Å². The number of nitrogens with two attached hydrogens (primary N) is 1. The Kier molecular flexibility index (Phi) is 3.66. The Labute approximate surface area is 105 Å². The second-order valence-electron chi connectivity index (χ2n) is 4.56. The van der Waals surface area contributed by atoms with E-state index in [4.69, 9.17) is 10.8 Å². The Balaban J connectivity index is 2.09. The quantitative estimate of drug-likeness (QED) is 0.788. The summed E-state index contributed by atoms with van der Waals surface area (Å²) in [7, 11) is 0. The number of aliphatic carboxylic acids is 1. The molecule has 6 nitrogen and oxygen atoms in total. The Hall–Kier alpha value is -1.82. The van der Waals surface area contributed by atoms with Gasteiger partial charge in [-0.15, -0.1) is 0 Å². The van der Waals surface area contributed by atoms with Crippen molar-refractivity contribution in [2.45, 2.75) is 13.0 Å². The van der Waals surface area contributed by atoms with Gasteiger partial charge in [-0.3, -0.25) is 9.59 Å². The van der Waals surface area contributed by atoms with Crippen LogP contribution in [0.1, 0.15) is 16.9 Å². The van der Waals surface area contributed by atoms with Gasteiger partial charge in [-0.1, -0.05) is 0 Å². The first-order chi connectivity index (χ1) is 8.61. The van der Waals surface area contributed by atoms with Crippen LogP contribution < -0.4 is 5.73 Å². The van der Waals surface area contributed by atoms with E-state index in [1.54, 1.807) is 23.2 Å². The number of hydrogen-bond acceptors (Lipinski definition) is 3. The Morgan fingerprint density at radius 3 is 2.89 bits per heavy atom. The minimum atomic E-state index is -0.957. The zero-order chi connectivity index (χ0) is 13.1. The lowest BCUT2D eigenvalue weighted by Crippen LogP contribution is -2.31. The first-order valence-electron chi connectivity index (χ1n) is 5.98. The zero-order valence-corrected chi connectivity index (χ0v) is 10.1. The SMILES string of the molecule is NCC1CCN(C(=O)c2cccn2CC(=O)O)C1. The van der Waals surface area contributed by atoms with Gasteiger partial charge in [-0.05, 0) is 31.0 Å². The van der Waals surface area contributed by atoms with Crippen molar-refractivity contribution < 1.29 is 14.7 Å². The number of carboxylic acids is 1. The molecule has 0 saturated carbocycles. The molecule has 6 heteroatoms. The maximum absolute atomic E-state index is 12.2. The molecule has 3 N–H and O–H groups in total. The molecule has 2 heterocycles. The molecule has 1 aliphatic heterocycles. The van der Waals surface area contributed by atoms with Gasteiger partial charge in [0, 0.05) is 19.3 Å². The monoisotopic (exact) mass is 251 g/mol. The maximum atomic E-state index is 12.2. The molecular formula is C12H17N3O3. The molecule has 0 aromatic carbocycles. The molecule has 0 spiro atoms. The van der Waals surface area contributed by atoms with Crippen LogP contribution in [0.2, 0.25) is 0 Å². The number of aromatic nitrogens is 1. The van der Waals surface area contributed by atoms with Crippen molar-refractivity contribution in [3.05, 3.63) is 24.0 Å². The summed E-state index contributed by atoms with van der Waals surface area (Å²) in [5.41, 5.74) is 6.02. The van der Waals surface area contributed by atoms with E-state index in [-0.39, 0.29) is 12.5 Å². The van der Waals surface area contributed by atoms with E-state index in [0.29, 0.717) is 31.2 Å². The highest BCUT2D eigenvalue weighted by Gasteiger charge is 2.27. The van der Waals surface area contributed by atoms with E-state index < -0.39 is 5.97 Å². The van der Waals surface area contributed by atoms with Gasteiger partial charge in [0.2, 0.25) is 0 Å². The lowest BCUT2D eigenvalue weighted by molar-refractivity contribution is -0.137. The Morgan fingerprint density at radius 1 is 1.50 bits per heavy atom. The molecule has 1 aliphatic rings. The molecule has 1 unspecified atom stereocenters. The maximum Gasteiger partial charge on any atom is 0.323 e. The van der Waals surface area contributed by atoms with Crippen molar-refractivity contribution >= 4 is 11.9 Å². The fraction of sp³-hybridized carbons (Fsp3) is 0.500. The average molecular weight is 251 g/mol. The largest absolute Gasteiger partial charge is 0.480 e. The number of likely N-dealkylation sites (tertiary alicyclic amines) is 1. The molecule has 0 aliphatic carbocycles. The zero-order valence-electron chi connectivity index (χ0n) is 10.1. The fourth-order valence-corrected chi connectivity index (χ4v) is 2.26. The standard InChI is InChI=1S/C12H17N3O3/c13-6-9-3-5-15(7-9)12(18)10-2-1-4-14(10)8-11(16)17/h1-2,4,9H,3,5-8,13H2,(H,16,17). The predicted octanol–water partition coefficient (Wildman–Crippen LogP) is -0.00650. The third-order valence-corrected chi connectivity index (χ3v) is 3.26. The minimum absolute atomic E-state index is 0.114. The second-order valence-corrected chi connectivity index (χ2v) is 4.56. The smallest absolute Gasteiger partial charge is 0.323 e. The van der Waals surface area contributed by atoms with Gasteiger partial charge in [0.25, 0.3) is 5.91 Å². The molecule has 2 rings (SSSR count). The number of rotatable bonds is 4. The summed E-state index contributed by atoms with van der Waals surface area (Å²) in [4.78, 5) is 24.7. The van der Waals surface area contributed by atoms with Crippen LogP contribution in [0.3, 0.4) is 0 Å². The summed E-state index contributed by atoms with van der Waals surface area (Å²) in [6.07, 6.45) is 2.53. The van der Waals surface area contributed by atoms with Gasteiger partial charge in [0.05, 0.1) is 0 Å². The Bertz CT molecular complexity index is 455. The number of carbonyl (C=O) groups excluding carboxylic acids is 1. The molecule has 1 amide bonds.